The Morgan fingerprint density at radius 2 is 1.82 bits per heavy atom. The predicted molar refractivity (Wildman–Crippen MR) is 129 cm³/mol. The van der Waals surface area contributed by atoms with Gasteiger partial charge < -0.3 is 10.1 Å². The summed E-state index contributed by atoms with van der Waals surface area (Å²) < 4.78 is 56.5. The summed E-state index contributed by atoms with van der Waals surface area (Å²) in [5.41, 5.74) is -0.240. The summed E-state index contributed by atoms with van der Waals surface area (Å²) >= 11 is 0. The van der Waals surface area contributed by atoms with E-state index in [2.05, 4.69) is 5.32 Å². The number of ether oxygens (including phenoxy) is 1. The largest absolute Gasteiger partial charge is 0.457 e. The summed E-state index contributed by atoms with van der Waals surface area (Å²) in [4.78, 5) is 14.7. The van der Waals surface area contributed by atoms with Crippen molar-refractivity contribution in [2.24, 2.45) is 5.92 Å². The molecule has 1 N–H and O–H groups in total. The van der Waals surface area contributed by atoms with Gasteiger partial charge in [0, 0.05) is 42.5 Å². The van der Waals surface area contributed by atoms with Crippen molar-refractivity contribution < 1.29 is 27.1 Å². The first-order chi connectivity index (χ1) is 15.7. The zero-order valence-electron chi connectivity index (χ0n) is 18.5. The van der Waals surface area contributed by atoms with Crippen molar-refractivity contribution in [2.45, 2.75) is 19.1 Å². The maximum absolute atomic E-state index is 12.8. The Balaban J connectivity index is 0.00000324. The molecule has 1 amide bonds. The van der Waals surface area contributed by atoms with Crippen LogP contribution in [0.25, 0.3) is 10.8 Å². The van der Waals surface area contributed by atoms with Gasteiger partial charge in [0.25, 0.3) is 5.91 Å². The first-order valence-electron chi connectivity index (χ1n) is 10.7. The Hall–Kier alpha value is -2.78. The van der Waals surface area contributed by atoms with E-state index in [1.54, 1.807) is 30.3 Å². The number of carbonyl (C=O) groups is 1. The summed E-state index contributed by atoms with van der Waals surface area (Å²) in [6, 6.07) is 15.0. The van der Waals surface area contributed by atoms with Crippen LogP contribution < -0.4 is 10.1 Å². The molecule has 9 heteroatoms. The van der Waals surface area contributed by atoms with Gasteiger partial charge >= 0.3 is 6.18 Å². The molecule has 0 saturated carbocycles. The second-order valence-electron chi connectivity index (χ2n) is 8.29. The van der Waals surface area contributed by atoms with Gasteiger partial charge in [0.1, 0.15) is 18.2 Å². The number of likely N-dealkylation sites (tertiary alicyclic amines) is 1. The summed E-state index contributed by atoms with van der Waals surface area (Å²) in [5, 5.41) is 4.53. The number of alkyl halides is 4. The van der Waals surface area contributed by atoms with Crippen LogP contribution in [0.5, 0.6) is 11.5 Å². The second kappa shape index (κ2) is 10.7. The monoisotopic (exact) mass is 494 g/mol. The number of hydrogen-bond acceptors (Lipinski definition) is 3. The molecule has 1 saturated heterocycles. The first kappa shape index (κ1) is 25.8. The number of halogens is 4. The predicted octanol–water partition coefficient (Wildman–Crippen LogP) is 5.78. The third-order valence-corrected chi connectivity index (χ3v) is 5.96. The van der Waals surface area contributed by atoms with Crippen LogP contribution in [0.4, 0.5) is 17.6 Å². The van der Waals surface area contributed by atoms with E-state index in [1.807, 2.05) is 17.9 Å². The number of carbonyl (C=O) groups excluding carboxylic acids is 1. The fraction of sp³-hybridized carbons (Fsp3) is 0.320. The molecule has 0 spiro atoms. The third kappa shape index (κ3) is 5.82. The van der Waals surface area contributed by atoms with Crippen molar-refractivity contribution in [3.63, 3.8) is 0 Å². The minimum atomic E-state index is -4.40. The molecule has 0 aliphatic carbocycles. The van der Waals surface area contributed by atoms with Gasteiger partial charge in [-0.2, -0.15) is 26.7 Å². The summed E-state index contributed by atoms with van der Waals surface area (Å²) in [7, 11) is 0. The molecule has 0 bridgehead atoms. The van der Waals surface area contributed by atoms with Gasteiger partial charge in [0.05, 0.1) is 5.56 Å². The van der Waals surface area contributed by atoms with E-state index >= 15 is 0 Å². The molecule has 182 valence electrons. The number of amides is 1. The van der Waals surface area contributed by atoms with Crippen molar-refractivity contribution in [3.05, 3.63) is 71.8 Å². The SMILES string of the molecule is C[C@H](NC(=O)c1ccc2c(Oc3ccc(C(F)(F)F)cc3)cccc2c1)C1CN(CCF)C1.S. The van der Waals surface area contributed by atoms with Gasteiger partial charge in [-0.1, -0.05) is 12.1 Å². The van der Waals surface area contributed by atoms with Crippen molar-refractivity contribution in [1.29, 1.82) is 0 Å². The average molecular weight is 495 g/mol. The fourth-order valence-electron chi connectivity index (χ4n) is 3.96. The molecule has 0 radical (unpaired) electrons. The van der Waals surface area contributed by atoms with Gasteiger partial charge in [-0.25, -0.2) is 4.39 Å². The number of nitrogens with zero attached hydrogens (tertiary/aromatic N) is 1. The zero-order valence-corrected chi connectivity index (χ0v) is 19.5. The Morgan fingerprint density at radius 1 is 1.12 bits per heavy atom. The fourth-order valence-corrected chi connectivity index (χ4v) is 3.96. The van der Waals surface area contributed by atoms with E-state index in [1.165, 1.54) is 12.1 Å². The lowest BCUT2D eigenvalue weighted by Gasteiger charge is -2.42. The van der Waals surface area contributed by atoms with E-state index in [-0.39, 0.29) is 37.9 Å². The first-order valence-corrected chi connectivity index (χ1v) is 10.7. The zero-order chi connectivity index (χ0) is 23.6. The van der Waals surface area contributed by atoms with Crippen molar-refractivity contribution >= 4 is 30.2 Å². The van der Waals surface area contributed by atoms with Crippen LogP contribution >= 0.6 is 13.5 Å². The lowest BCUT2D eigenvalue weighted by molar-refractivity contribution is -0.137. The molecule has 34 heavy (non-hydrogen) atoms. The molecule has 3 aromatic rings. The van der Waals surface area contributed by atoms with E-state index in [9.17, 15) is 22.4 Å². The standard InChI is InChI=1S/C25H24F4N2O2.H2S/c1-16(19-14-31(15-19)12-11-26)30-24(32)18-5-10-22-17(13-18)3-2-4-23(22)33-21-8-6-20(7-9-21)25(27,28)29;/h2-10,13,16,19H,11-12,14-15H2,1H3,(H,30,32);1H2/t16-;/m0./s1. The summed E-state index contributed by atoms with van der Waals surface area (Å²) in [6.45, 7) is 3.56. The highest BCUT2D eigenvalue weighted by Gasteiger charge is 2.32. The number of nitrogens with one attached hydrogen (secondary N) is 1. The van der Waals surface area contributed by atoms with Gasteiger partial charge in [-0.05, 0) is 60.8 Å². The lowest BCUT2D eigenvalue weighted by atomic mass is 9.92. The molecule has 1 aliphatic rings. The Labute approximate surface area is 202 Å². The number of hydrogen-bond donors (Lipinski definition) is 1. The number of rotatable bonds is 7. The number of benzene rings is 3. The molecule has 3 aromatic carbocycles. The van der Waals surface area contributed by atoms with Gasteiger partial charge in [0.15, 0.2) is 0 Å². The normalized spacial score (nSPS) is 15.3. The molecule has 1 fully saturated rings. The van der Waals surface area contributed by atoms with Crippen LogP contribution in [0, 0.1) is 5.92 Å². The topological polar surface area (TPSA) is 41.6 Å². The van der Waals surface area contributed by atoms with E-state index < -0.39 is 11.7 Å². The van der Waals surface area contributed by atoms with Crippen molar-refractivity contribution in [1.82, 2.24) is 10.2 Å². The highest BCUT2D eigenvalue weighted by Crippen LogP contribution is 2.34. The summed E-state index contributed by atoms with van der Waals surface area (Å²) in [6.07, 6.45) is -4.40. The maximum atomic E-state index is 12.8. The average Bonchev–Trinajstić information content (AvgIpc) is 2.75. The van der Waals surface area contributed by atoms with Crippen molar-refractivity contribution in [3.8, 4) is 11.5 Å². The Morgan fingerprint density at radius 3 is 2.47 bits per heavy atom. The molecule has 0 unspecified atom stereocenters. The van der Waals surface area contributed by atoms with Gasteiger partial charge in [0.2, 0.25) is 0 Å². The van der Waals surface area contributed by atoms with Crippen LogP contribution in [0.15, 0.2) is 60.7 Å². The molecule has 4 rings (SSSR count). The minimum Gasteiger partial charge on any atom is -0.457 e. The smallest absolute Gasteiger partial charge is 0.416 e. The molecule has 1 heterocycles. The quantitative estimate of drug-likeness (QED) is 0.423. The maximum Gasteiger partial charge on any atom is 0.416 e. The van der Waals surface area contributed by atoms with E-state index in [0.717, 1.165) is 36.0 Å². The van der Waals surface area contributed by atoms with Gasteiger partial charge in [-0.3, -0.25) is 9.69 Å². The van der Waals surface area contributed by atoms with E-state index in [4.69, 9.17) is 4.74 Å². The third-order valence-electron chi connectivity index (χ3n) is 5.96. The second-order valence-corrected chi connectivity index (χ2v) is 8.29. The van der Waals surface area contributed by atoms with Gasteiger partial charge in [-0.15, -0.1) is 0 Å². The van der Waals surface area contributed by atoms with Crippen molar-refractivity contribution in [2.75, 3.05) is 26.3 Å². The number of fused-ring (bicyclic) bond motifs is 1. The van der Waals surface area contributed by atoms with Crippen LogP contribution in [0.2, 0.25) is 0 Å². The molecule has 4 nitrogen and oxygen atoms in total. The highest BCUT2D eigenvalue weighted by atomic mass is 32.1. The Bertz CT molecular complexity index is 1130. The van der Waals surface area contributed by atoms with Crippen LogP contribution in [0.3, 0.4) is 0 Å². The highest BCUT2D eigenvalue weighted by molar-refractivity contribution is 7.59. The van der Waals surface area contributed by atoms with E-state index in [0.29, 0.717) is 23.8 Å². The molecule has 0 aromatic heterocycles. The molecular weight excluding hydrogens is 468 g/mol. The molecule has 1 aliphatic heterocycles. The molecule has 1 atom stereocenters. The van der Waals surface area contributed by atoms with Crippen LogP contribution in [0.1, 0.15) is 22.8 Å². The van der Waals surface area contributed by atoms with Crippen LogP contribution in [-0.4, -0.2) is 43.2 Å². The summed E-state index contributed by atoms with van der Waals surface area (Å²) in [5.74, 6) is 0.871. The van der Waals surface area contributed by atoms with Crippen LogP contribution in [-0.2, 0) is 6.18 Å². The Kier molecular flexibility index (Phi) is 8.09. The molecular formula is C25H26F4N2O2S. The lowest BCUT2D eigenvalue weighted by Crippen LogP contribution is -2.56. The minimum absolute atomic E-state index is 0.